The van der Waals surface area contributed by atoms with Crippen molar-refractivity contribution in [3.8, 4) is 0 Å². The largest absolute Gasteiger partial charge is 0.0654 e. The quantitative estimate of drug-likeness (QED) is 0.527. The summed E-state index contributed by atoms with van der Waals surface area (Å²) in [5.41, 5.74) is 0. The van der Waals surface area contributed by atoms with E-state index in [0.717, 1.165) is 11.8 Å². The maximum atomic E-state index is 2.37. The number of rotatable bonds is 7. The molecule has 1 atom stereocenters. The van der Waals surface area contributed by atoms with Gasteiger partial charge < -0.3 is 0 Å². The molecule has 0 aromatic heterocycles. The van der Waals surface area contributed by atoms with Crippen molar-refractivity contribution in [3.63, 3.8) is 0 Å². The first-order valence-electron chi connectivity index (χ1n) is 6.86. The van der Waals surface area contributed by atoms with Gasteiger partial charge in [-0.2, -0.15) is 0 Å². The van der Waals surface area contributed by atoms with E-state index < -0.39 is 0 Å². The van der Waals surface area contributed by atoms with Gasteiger partial charge in [-0.05, 0) is 11.8 Å². The van der Waals surface area contributed by atoms with Gasteiger partial charge in [0.2, 0.25) is 0 Å². The molecule has 0 unspecified atom stereocenters. The molecule has 14 heavy (non-hydrogen) atoms. The fourth-order valence-electron chi connectivity index (χ4n) is 2.82. The van der Waals surface area contributed by atoms with E-state index >= 15 is 0 Å². The van der Waals surface area contributed by atoms with E-state index in [0.29, 0.717) is 0 Å². The van der Waals surface area contributed by atoms with Crippen LogP contribution in [0.3, 0.4) is 0 Å². The molecule has 0 saturated heterocycles. The van der Waals surface area contributed by atoms with E-state index in [1.807, 2.05) is 0 Å². The van der Waals surface area contributed by atoms with Crippen LogP contribution in [-0.4, -0.2) is 0 Å². The van der Waals surface area contributed by atoms with Crippen LogP contribution in [-0.2, 0) is 0 Å². The van der Waals surface area contributed by atoms with E-state index in [2.05, 4.69) is 13.8 Å². The normalized spacial score (nSPS) is 20.1. The maximum Gasteiger partial charge on any atom is -0.0414 e. The van der Waals surface area contributed by atoms with Crippen molar-refractivity contribution >= 4 is 0 Å². The molecule has 1 aliphatic rings. The molecule has 0 amide bonds. The highest BCUT2D eigenvalue weighted by Gasteiger charge is 2.16. The molecule has 0 aromatic rings. The molecule has 1 fully saturated rings. The maximum absolute atomic E-state index is 2.37. The van der Waals surface area contributed by atoms with E-state index in [1.165, 1.54) is 64.2 Å². The van der Waals surface area contributed by atoms with Crippen molar-refractivity contribution in [1.82, 2.24) is 0 Å². The van der Waals surface area contributed by atoms with E-state index in [4.69, 9.17) is 0 Å². The van der Waals surface area contributed by atoms with Gasteiger partial charge in [0.25, 0.3) is 0 Å². The van der Waals surface area contributed by atoms with Crippen molar-refractivity contribution in [2.45, 2.75) is 78.1 Å². The van der Waals surface area contributed by atoms with Gasteiger partial charge in [0.15, 0.2) is 0 Å². The van der Waals surface area contributed by atoms with Gasteiger partial charge in [-0.25, -0.2) is 0 Å². The molecule has 0 spiro atoms. The van der Waals surface area contributed by atoms with Crippen LogP contribution >= 0.6 is 0 Å². The van der Waals surface area contributed by atoms with Crippen LogP contribution in [0.5, 0.6) is 0 Å². The summed E-state index contributed by atoms with van der Waals surface area (Å²) in [6.45, 7) is 4.68. The lowest BCUT2D eigenvalue weighted by atomic mass is 9.90. The first-order chi connectivity index (χ1) is 6.86. The van der Waals surface area contributed by atoms with Crippen LogP contribution < -0.4 is 0 Å². The smallest absolute Gasteiger partial charge is 0.0414 e. The molecule has 0 N–H and O–H groups in total. The Labute approximate surface area is 90.5 Å². The second-order valence-electron chi connectivity index (χ2n) is 5.14. The Morgan fingerprint density at radius 3 is 2.36 bits per heavy atom. The Balaban J connectivity index is 2.06. The van der Waals surface area contributed by atoms with Crippen LogP contribution in [0, 0.1) is 11.8 Å². The second kappa shape index (κ2) is 7.31. The second-order valence-corrected chi connectivity index (χ2v) is 5.14. The molecule has 0 heteroatoms. The van der Waals surface area contributed by atoms with Gasteiger partial charge in [0.1, 0.15) is 0 Å². The standard InChI is InChI=1S/C14H28/c1-3-5-8-13(4-2)11-12-14-9-6-7-10-14/h13-14H,3-12H2,1-2H3/t13-/m0/s1. The zero-order chi connectivity index (χ0) is 10.2. The van der Waals surface area contributed by atoms with Crippen LogP contribution in [0.2, 0.25) is 0 Å². The minimum Gasteiger partial charge on any atom is -0.0654 e. The van der Waals surface area contributed by atoms with Crippen molar-refractivity contribution < 1.29 is 0 Å². The van der Waals surface area contributed by atoms with Crippen LogP contribution in [0.25, 0.3) is 0 Å². The molecular formula is C14H28. The topological polar surface area (TPSA) is 0 Å². The van der Waals surface area contributed by atoms with Crippen LogP contribution in [0.4, 0.5) is 0 Å². The average Bonchev–Trinajstić information content (AvgIpc) is 2.71. The highest BCUT2D eigenvalue weighted by atomic mass is 14.2. The van der Waals surface area contributed by atoms with Gasteiger partial charge >= 0.3 is 0 Å². The fraction of sp³-hybridized carbons (Fsp3) is 1.00. The molecule has 0 aromatic carbocycles. The molecule has 1 aliphatic carbocycles. The minimum absolute atomic E-state index is 1.04. The molecule has 1 saturated carbocycles. The summed E-state index contributed by atoms with van der Waals surface area (Å²) in [6.07, 6.45) is 14.8. The van der Waals surface area contributed by atoms with Crippen LogP contribution in [0.1, 0.15) is 78.1 Å². The predicted molar refractivity (Wildman–Crippen MR) is 64.5 cm³/mol. The van der Waals surface area contributed by atoms with Crippen molar-refractivity contribution in [2.75, 3.05) is 0 Å². The Kier molecular flexibility index (Phi) is 6.31. The molecule has 84 valence electrons. The fourth-order valence-corrected chi connectivity index (χ4v) is 2.82. The summed E-state index contributed by atoms with van der Waals surface area (Å²) in [4.78, 5) is 0. The third kappa shape index (κ3) is 4.48. The highest BCUT2D eigenvalue weighted by molar-refractivity contribution is 4.69. The third-order valence-corrected chi connectivity index (χ3v) is 4.00. The van der Waals surface area contributed by atoms with Gasteiger partial charge in [-0.3, -0.25) is 0 Å². The summed E-state index contributed by atoms with van der Waals surface area (Å²) in [6, 6.07) is 0. The molecule has 0 nitrogen and oxygen atoms in total. The molecule has 1 rings (SSSR count). The van der Waals surface area contributed by atoms with Gasteiger partial charge in [-0.1, -0.05) is 78.1 Å². The van der Waals surface area contributed by atoms with E-state index in [9.17, 15) is 0 Å². The predicted octanol–water partition coefficient (Wildman–Crippen LogP) is 5.17. The molecular weight excluding hydrogens is 168 g/mol. The number of hydrogen-bond acceptors (Lipinski definition) is 0. The summed E-state index contributed by atoms with van der Waals surface area (Å²) in [5, 5.41) is 0. The number of unbranched alkanes of at least 4 members (excludes halogenated alkanes) is 1. The zero-order valence-electron chi connectivity index (χ0n) is 10.2. The van der Waals surface area contributed by atoms with Crippen molar-refractivity contribution in [2.24, 2.45) is 11.8 Å². The molecule has 0 bridgehead atoms. The average molecular weight is 196 g/mol. The molecule has 0 aliphatic heterocycles. The first-order valence-corrected chi connectivity index (χ1v) is 6.86. The third-order valence-electron chi connectivity index (χ3n) is 4.00. The lowest BCUT2D eigenvalue weighted by molar-refractivity contribution is 0.363. The zero-order valence-corrected chi connectivity index (χ0v) is 10.2. The van der Waals surface area contributed by atoms with E-state index in [1.54, 1.807) is 0 Å². The van der Waals surface area contributed by atoms with Crippen molar-refractivity contribution in [1.29, 1.82) is 0 Å². The summed E-state index contributed by atoms with van der Waals surface area (Å²) >= 11 is 0. The summed E-state index contributed by atoms with van der Waals surface area (Å²) in [5.74, 6) is 2.14. The lowest BCUT2D eigenvalue weighted by Gasteiger charge is -2.16. The summed E-state index contributed by atoms with van der Waals surface area (Å²) in [7, 11) is 0. The van der Waals surface area contributed by atoms with Gasteiger partial charge in [0, 0.05) is 0 Å². The minimum atomic E-state index is 1.04. The highest BCUT2D eigenvalue weighted by Crippen LogP contribution is 2.31. The molecule has 0 radical (unpaired) electrons. The molecule has 0 heterocycles. The SMILES string of the molecule is CCCC[C@H](CC)CCC1CCCC1. The first kappa shape index (κ1) is 12.1. The van der Waals surface area contributed by atoms with Crippen molar-refractivity contribution in [3.05, 3.63) is 0 Å². The Hall–Kier alpha value is 0. The van der Waals surface area contributed by atoms with E-state index in [-0.39, 0.29) is 0 Å². The Morgan fingerprint density at radius 1 is 1.07 bits per heavy atom. The Bertz CT molecular complexity index is 122. The monoisotopic (exact) mass is 196 g/mol. The van der Waals surface area contributed by atoms with Gasteiger partial charge in [0.05, 0.1) is 0 Å². The summed E-state index contributed by atoms with van der Waals surface area (Å²) < 4.78 is 0. The van der Waals surface area contributed by atoms with Crippen LogP contribution in [0.15, 0.2) is 0 Å². The Morgan fingerprint density at radius 2 is 1.79 bits per heavy atom. The lowest BCUT2D eigenvalue weighted by Crippen LogP contribution is -2.02. The number of hydrogen-bond donors (Lipinski definition) is 0. The van der Waals surface area contributed by atoms with Gasteiger partial charge in [-0.15, -0.1) is 0 Å².